The number of ether oxygens (including phenoxy) is 2. The first-order valence-electron chi connectivity index (χ1n) is 9.28. The van der Waals surface area contributed by atoms with Crippen LogP contribution < -0.4 is 4.74 Å². The Balaban J connectivity index is 1.62. The molecule has 6 aliphatic rings. The summed E-state index contributed by atoms with van der Waals surface area (Å²) in [5.41, 5.74) is 7.58. The summed E-state index contributed by atoms with van der Waals surface area (Å²) in [7, 11) is 1.79. The molecular weight excluding hydrogens is 296 g/mol. The molecule has 3 fully saturated rings. The van der Waals surface area contributed by atoms with Gasteiger partial charge in [-0.2, -0.15) is 0 Å². The van der Waals surface area contributed by atoms with Gasteiger partial charge in [0.2, 0.25) is 0 Å². The van der Waals surface area contributed by atoms with Gasteiger partial charge in [-0.05, 0) is 66.2 Å². The maximum absolute atomic E-state index is 6.64. The molecule has 2 bridgehead atoms. The molecule has 5 atom stereocenters. The fraction of sp³-hybridized carbons (Fsp3) is 0.545. The molecule has 0 amide bonds. The number of methoxy groups -OCH3 is 1. The Bertz CT molecular complexity index is 940. The van der Waals surface area contributed by atoms with Crippen molar-refractivity contribution in [2.24, 2.45) is 16.2 Å². The van der Waals surface area contributed by atoms with Crippen molar-refractivity contribution in [1.82, 2.24) is 0 Å². The summed E-state index contributed by atoms with van der Waals surface area (Å²) in [6.45, 7) is 4.71. The molecule has 7 rings (SSSR count). The number of rotatable bonds is 1. The van der Waals surface area contributed by atoms with Crippen LogP contribution in [0.15, 0.2) is 35.6 Å². The normalized spacial score (nSPS) is 49.9. The van der Waals surface area contributed by atoms with E-state index >= 15 is 0 Å². The fourth-order valence-corrected chi connectivity index (χ4v) is 8.29. The SMILES string of the molecule is COC1=CC=C2C34CC3(C)CC43Cc4ccc(C)c5c4[C@@]2(C3)[C@H]1O5. The van der Waals surface area contributed by atoms with Crippen LogP contribution in [-0.2, 0) is 16.6 Å². The summed E-state index contributed by atoms with van der Waals surface area (Å²) >= 11 is 0. The Morgan fingerprint density at radius 2 is 2.04 bits per heavy atom. The predicted octanol–water partition coefficient (Wildman–Crippen LogP) is 4.21. The van der Waals surface area contributed by atoms with Gasteiger partial charge in [0.05, 0.1) is 12.5 Å². The van der Waals surface area contributed by atoms with Crippen molar-refractivity contribution in [2.75, 3.05) is 7.11 Å². The van der Waals surface area contributed by atoms with Gasteiger partial charge in [0.1, 0.15) is 11.5 Å². The minimum atomic E-state index is 0.0550. The van der Waals surface area contributed by atoms with E-state index in [9.17, 15) is 0 Å². The van der Waals surface area contributed by atoms with Crippen LogP contribution in [0.25, 0.3) is 0 Å². The van der Waals surface area contributed by atoms with Crippen LogP contribution >= 0.6 is 0 Å². The van der Waals surface area contributed by atoms with Crippen LogP contribution in [0, 0.1) is 23.2 Å². The van der Waals surface area contributed by atoms with E-state index in [0.29, 0.717) is 16.2 Å². The lowest BCUT2D eigenvalue weighted by Crippen LogP contribution is -2.46. The van der Waals surface area contributed by atoms with Crippen LogP contribution in [0.3, 0.4) is 0 Å². The van der Waals surface area contributed by atoms with Gasteiger partial charge in [0, 0.05) is 11.0 Å². The first-order valence-corrected chi connectivity index (χ1v) is 9.28. The summed E-state index contributed by atoms with van der Waals surface area (Å²) in [5.74, 6) is 2.17. The van der Waals surface area contributed by atoms with Gasteiger partial charge in [-0.1, -0.05) is 25.1 Å². The zero-order valence-electron chi connectivity index (χ0n) is 14.5. The summed E-state index contributed by atoms with van der Waals surface area (Å²) in [6.07, 6.45) is 10.00. The second-order valence-electron chi connectivity index (χ2n) is 9.52. The minimum absolute atomic E-state index is 0.0550. The first kappa shape index (κ1) is 12.6. The summed E-state index contributed by atoms with van der Waals surface area (Å²) in [5, 5.41) is 0. The third-order valence-corrected chi connectivity index (χ3v) is 8.76. The van der Waals surface area contributed by atoms with E-state index in [1.807, 2.05) is 0 Å². The Morgan fingerprint density at radius 3 is 2.79 bits per heavy atom. The molecule has 1 aromatic rings. The van der Waals surface area contributed by atoms with Gasteiger partial charge in [0.25, 0.3) is 0 Å². The summed E-state index contributed by atoms with van der Waals surface area (Å²) in [4.78, 5) is 0. The average molecular weight is 318 g/mol. The molecule has 24 heavy (non-hydrogen) atoms. The zero-order valence-corrected chi connectivity index (χ0v) is 14.5. The monoisotopic (exact) mass is 318 g/mol. The van der Waals surface area contributed by atoms with Gasteiger partial charge in [-0.3, -0.25) is 0 Å². The van der Waals surface area contributed by atoms with Crippen molar-refractivity contribution < 1.29 is 9.47 Å². The Morgan fingerprint density at radius 1 is 1.17 bits per heavy atom. The van der Waals surface area contributed by atoms with Crippen molar-refractivity contribution in [3.05, 3.63) is 52.3 Å². The average Bonchev–Trinajstić information content (AvgIpc) is 2.85. The molecule has 5 aliphatic carbocycles. The second-order valence-corrected chi connectivity index (χ2v) is 9.52. The van der Waals surface area contributed by atoms with Crippen LogP contribution in [0.5, 0.6) is 5.75 Å². The third-order valence-electron chi connectivity index (χ3n) is 8.76. The lowest BCUT2D eigenvalue weighted by atomic mass is 9.52. The Hall–Kier alpha value is -1.70. The third kappa shape index (κ3) is 0.869. The second kappa shape index (κ2) is 3.09. The molecule has 3 saturated carbocycles. The smallest absolute Gasteiger partial charge is 0.169 e. The number of hydrogen-bond donors (Lipinski definition) is 0. The highest BCUT2D eigenvalue weighted by molar-refractivity contribution is 5.71. The molecule has 2 heteroatoms. The zero-order chi connectivity index (χ0) is 16.1. The van der Waals surface area contributed by atoms with Gasteiger partial charge >= 0.3 is 0 Å². The van der Waals surface area contributed by atoms with Crippen LogP contribution in [0.1, 0.15) is 42.9 Å². The Kier molecular flexibility index (Phi) is 1.63. The molecule has 3 spiro atoms. The highest BCUT2D eigenvalue weighted by atomic mass is 16.5. The van der Waals surface area contributed by atoms with E-state index in [-0.39, 0.29) is 11.5 Å². The fourth-order valence-electron chi connectivity index (χ4n) is 8.29. The first-order chi connectivity index (χ1) is 11.5. The number of aryl methyl sites for hydroxylation is 1. The number of allylic oxidation sites excluding steroid dienone is 2. The maximum atomic E-state index is 6.64. The topological polar surface area (TPSA) is 18.5 Å². The van der Waals surface area contributed by atoms with Gasteiger partial charge in [0.15, 0.2) is 6.10 Å². The summed E-state index contributed by atoms with van der Waals surface area (Å²) < 4.78 is 12.4. The number of hydrogen-bond acceptors (Lipinski definition) is 2. The maximum Gasteiger partial charge on any atom is 0.169 e. The molecule has 1 heterocycles. The van der Waals surface area contributed by atoms with E-state index in [4.69, 9.17) is 9.47 Å². The Labute approximate surface area is 142 Å². The predicted molar refractivity (Wildman–Crippen MR) is 91.0 cm³/mol. The van der Waals surface area contributed by atoms with Crippen molar-refractivity contribution in [1.29, 1.82) is 0 Å². The van der Waals surface area contributed by atoms with Crippen LogP contribution in [0.2, 0.25) is 0 Å². The molecule has 0 aromatic heterocycles. The molecule has 0 N–H and O–H groups in total. The molecule has 1 aliphatic heterocycles. The minimum Gasteiger partial charge on any atom is -0.497 e. The van der Waals surface area contributed by atoms with E-state index in [1.165, 1.54) is 36.8 Å². The molecule has 122 valence electrons. The summed E-state index contributed by atoms with van der Waals surface area (Å²) in [6, 6.07) is 4.66. The lowest BCUT2D eigenvalue weighted by Gasteiger charge is -2.51. The highest BCUT2D eigenvalue weighted by Gasteiger charge is 2.92. The molecular formula is C22H22O2. The van der Waals surface area contributed by atoms with Crippen molar-refractivity contribution >= 4 is 0 Å². The van der Waals surface area contributed by atoms with Gasteiger partial charge < -0.3 is 9.47 Å². The van der Waals surface area contributed by atoms with Crippen molar-refractivity contribution in [3.8, 4) is 5.75 Å². The standard InChI is InChI=1S/C22H22O2/c1-12-4-5-13-8-20-9-19(2)10-22(19,20)15-7-6-14(23-3)18-21(15,11-20)16(13)17(12)24-18/h4-7,18H,8-11H2,1-3H3/t18-,19?,20?,21-,22?/m0/s1. The van der Waals surface area contributed by atoms with E-state index < -0.39 is 0 Å². The van der Waals surface area contributed by atoms with Gasteiger partial charge in [-0.15, -0.1) is 0 Å². The van der Waals surface area contributed by atoms with Gasteiger partial charge in [-0.25, -0.2) is 0 Å². The molecule has 2 nitrogen and oxygen atoms in total. The van der Waals surface area contributed by atoms with E-state index in [2.05, 4.69) is 38.1 Å². The molecule has 0 saturated heterocycles. The molecule has 1 aromatic carbocycles. The quantitative estimate of drug-likeness (QED) is 0.772. The van der Waals surface area contributed by atoms with E-state index in [0.717, 1.165) is 11.5 Å². The van der Waals surface area contributed by atoms with E-state index in [1.54, 1.807) is 18.2 Å². The highest BCUT2D eigenvalue weighted by Crippen LogP contribution is 2.97. The molecule has 0 radical (unpaired) electrons. The van der Waals surface area contributed by atoms with Crippen molar-refractivity contribution in [2.45, 2.75) is 51.0 Å². The van der Waals surface area contributed by atoms with Crippen LogP contribution in [-0.4, -0.2) is 13.2 Å². The largest absolute Gasteiger partial charge is 0.497 e. The van der Waals surface area contributed by atoms with Crippen molar-refractivity contribution in [3.63, 3.8) is 0 Å². The van der Waals surface area contributed by atoms with Crippen LogP contribution in [0.4, 0.5) is 0 Å². The molecule has 3 unspecified atom stereocenters. The lowest BCUT2D eigenvalue weighted by molar-refractivity contribution is 0.00448. The number of benzene rings is 1.